The fourth-order valence-electron chi connectivity index (χ4n) is 2.42. The number of thiophene rings is 1. The van der Waals surface area contributed by atoms with Gasteiger partial charge in [-0.15, -0.1) is 21.5 Å². The SMILES string of the molecule is COc1ccc(CCNS(=O)(=O)c2cc(-c3nnc(C)o3)cs2)cc1OC. The van der Waals surface area contributed by atoms with Crippen LogP contribution in [0.25, 0.3) is 11.5 Å². The Hall–Kier alpha value is -2.43. The van der Waals surface area contributed by atoms with E-state index in [4.69, 9.17) is 13.9 Å². The molecule has 0 atom stereocenters. The molecule has 27 heavy (non-hydrogen) atoms. The summed E-state index contributed by atoms with van der Waals surface area (Å²) in [5.41, 5.74) is 1.52. The molecule has 10 heteroatoms. The van der Waals surface area contributed by atoms with Gasteiger partial charge < -0.3 is 13.9 Å². The molecule has 0 unspecified atom stereocenters. The summed E-state index contributed by atoms with van der Waals surface area (Å²) in [5, 5.41) is 9.32. The fraction of sp³-hybridized carbons (Fsp3) is 0.294. The minimum Gasteiger partial charge on any atom is -0.493 e. The molecule has 0 aliphatic rings. The van der Waals surface area contributed by atoms with E-state index in [9.17, 15) is 8.42 Å². The Bertz CT molecular complexity index is 1030. The van der Waals surface area contributed by atoms with Crippen LogP contribution in [0.3, 0.4) is 0 Å². The lowest BCUT2D eigenvalue weighted by Crippen LogP contribution is -2.25. The molecule has 1 aromatic carbocycles. The minimum absolute atomic E-state index is 0.195. The van der Waals surface area contributed by atoms with Crippen molar-refractivity contribution in [1.82, 2.24) is 14.9 Å². The van der Waals surface area contributed by atoms with E-state index < -0.39 is 10.0 Å². The van der Waals surface area contributed by atoms with Crippen LogP contribution in [0.2, 0.25) is 0 Å². The van der Waals surface area contributed by atoms with Gasteiger partial charge in [-0.3, -0.25) is 0 Å². The number of methoxy groups -OCH3 is 2. The number of hydrogen-bond acceptors (Lipinski definition) is 8. The summed E-state index contributed by atoms with van der Waals surface area (Å²) in [5.74, 6) is 1.96. The van der Waals surface area contributed by atoms with Crippen molar-refractivity contribution in [1.29, 1.82) is 0 Å². The maximum Gasteiger partial charge on any atom is 0.250 e. The Morgan fingerprint density at radius 2 is 1.93 bits per heavy atom. The van der Waals surface area contributed by atoms with Crippen LogP contribution in [0.15, 0.2) is 38.3 Å². The first-order chi connectivity index (χ1) is 12.9. The predicted octanol–water partition coefficient (Wildman–Crippen LogP) is 2.64. The van der Waals surface area contributed by atoms with E-state index in [1.165, 1.54) is 6.07 Å². The van der Waals surface area contributed by atoms with Crippen molar-refractivity contribution in [3.63, 3.8) is 0 Å². The number of hydrogen-bond donors (Lipinski definition) is 1. The molecular weight excluding hydrogens is 390 g/mol. The number of sulfonamides is 1. The average molecular weight is 409 g/mol. The van der Waals surface area contributed by atoms with Gasteiger partial charge in [0, 0.05) is 18.8 Å². The van der Waals surface area contributed by atoms with Crippen molar-refractivity contribution >= 4 is 21.4 Å². The van der Waals surface area contributed by atoms with E-state index in [0.717, 1.165) is 16.9 Å². The highest BCUT2D eigenvalue weighted by molar-refractivity contribution is 7.91. The third-order valence-corrected chi connectivity index (χ3v) is 6.67. The predicted molar refractivity (Wildman–Crippen MR) is 101 cm³/mol. The van der Waals surface area contributed by atoms with Gasteiger partial charge >= 0.3 is 0 Å². The number of aryl methyl sites for hydroxylation is 1. The molecule has 144 valence electrons. The van der Waals surface area contributed by atoms with Crippen molar-refractivity contribution in [2.75, 3.05) is 20.8 Å². The molecule has 0 spiro atoms. The van der Waals surface area contributed by atoms with Crippen LogP contribution in [0.5, 0.6) is 11.5 Å². The second-order valence-corrected chi connectivity index (χ2v) is 8.52. The Labute approximate surface area is 161 Å². The monoisotopic (exact) mass is 409 g/mol. The van der Waals surface area contributed by atoms with Crippen LogP contribution in [0.1, 0.15) is 11.5 Å². The molecule has 8 nitrogen and oxygen atoms in total. The van der Waals surface area contributed by atoms with E-state index in [2.05, 4.69) is 14.9 Å². The molecule has 2 aromatic heterocycles. The van der Waals surface area contributed by atoms with Crippen LogP contribution in [0, 0.1) is 6.92 Å². The second kappa shape index (κ2) is 8.07. The molecule has 1 N–H and O–H groups in total. The maximum atomic E-state index is 12.5. The third kappa shape index (κ3) is 4.46. The van der Waals surface area contributed by atoms with E-state index in [1.807, 2.05) is 12.1 Å². The zero-order valence-corrected chi connectivity index (χ0v) is 16.7. The third-order valence-electron chi connectivity index (χ3n) is 3.77. The van der Waals surface area contributed by atoms with Gasteiger partial charge in [0.2, 0.25) is 21.8 Å². The molecular formula is C17H19N3O5S2. The highest BCUT2D eigenvalue weighted by atomic mass is 32.2. The number of ether oxygens (including phenoxy) is 2. The van der Waals surface area contributed by atoms with Gasteiger partial charge in [0.05, 0.1) is 19.8 Å². The van der Waals surface area contributed by atoms with Crippen molar-refractivity contribution in [2.45, 2.75) is 17.6 Å². The summed E-state index contributed by atoms with van der Waals surface area (Å²) in [7, 11) is -0.491. The Balaban J connectivity index is 1.65. The first-order valence-corrected chi connectivity index (χ1v) is 10.4. The van der Waals surface area contributed by atoms with Gasteiger partial charge in [-0.2, -0.15) is 0 Å². The summed E-state index contributed by atoms with van der Waals surface area (Å²) >= 11 is 1.10. The Morgan fingerprint density at radius 1 is 1.15 bits per heavy atom. The number of benzene rings is 1. The maximum absolute atomic E-state index is 12.5. The topological polar surface area (TPSA) is 104 Å². The smallest absolute Gasteiger partial charge is 0.250 e. The van der Waals surface area contributed by atoms with Crippen molar-refractivity contribution in [3.05, 3.63) is 41.1 Å². The standard InChI is InChI=1S/C17H19N3O5S2/c1-11-19-20-17(25-11)13-9-16(26-10-13)27(21,22)18-7-6-12-4-5-14(23-2)15(8-12)24-3/h4-5,8-10,18H,6-7H2,1-3H3. The largest absolute Gasteiger partial charge is 0.493 e. The molecule has 3 aromatic rings. The second-order valence-electron chi connectivity index (χ2n) is 5.62. The normalized spacial score (nSPS) is 11.5. The van der Waals surface area contributed by atoms with Gasteiger partial charge in [-0.25, -0.2) is 13.1 Å². The molecule has 0 amide bonds. The van der Waals surface area contributed by atoms with Crippen molar-refractivity contribution in [3.8, 4) is 23.0 Å². The van der Waals surface area contributed by atoms with Crippen molar-refractivity contribution in [2.24, 2.45) is 0 Å². The molecule has 3 rings (SSSR count). The number of nitrogens with zero attached hydrogens (tertiary/aromatic N) is 2. The Kier molecular flexibility index (Phi) is 5.78. The molecule has 0 radical (unpaired) electrons. The molecule has 0 bridgehead atoms. The molecule has 0 fully saturated rings. The van der Waals surface area contributed by atoms with Crippen LogP contribution < -0.4 is 14.2 Å². The summed E-state index contributed by atoms with van der Waals surface area (Å²) < 4.78 is 43.5. The summed E-state index contributed by atoms with van der Waals surface area (Å²) in [4.78, 5) is 0. The zero-order chi connectivity index (χ0) is 19.4. The number of aromatic nitrogens is 2. The van der Waals surface area contributed by atoms with Crippen LogP contribution >= 0.6 is 11.3 Å². The molecule has 0 aliphatic heterocycles. The molecule has 0 saturated carbocycles. The minimum atomic E-state index is -3.62. The molecule has 0 aliphatic carbocycles. The van der Waals surface area contributed by atoms with Crippen molar-refractivity contribution < 1.29 is 22.3 Å². The van der Waals surface area contributed by atoms with Crippen LogP contribution in [-0.2, 0) is 16.4 Å². The summed E-state index contributed by atoms with van der Waals surface area (Å²) in [6, 6.07) is 7.02. The zero-order valence-electron chi connectivity index (χ0n) is 15.1. The van der Waals surface area contributed by atoms with Gasteiger partial charge in [0.1, 0.15) is 4.21 Å². The van der Waals surface area contributed by atoms with Gasteiger partial charge in [0.25, 0.3) is 0 Å². The Morgan fingerprint density at radius 3 is 2.59 bits per heavy atom. The molecule has 0 saturated heterocycles. The first kappa shape index (κ1) is 19.3. The lowest BCUT2D eigenvalue weighted by atomic mass is 10.1. The quantitative estimate of drug-likeness (QED) is 0.610. The van der Waals surface area contributed by atoms with Gasteiger partial charge in [0.15, 0.2) is 11.5 Å². The van der Waals surface area contributed by atoms with E-state index in [-0.39, 0.29) is 10.8 Å². The fourth-order valence-corrected chi connectivity index (χ4v) is 4.65. The highest BCUT2D eigenvalue weighted by Gasteiger charge is 2.19. The lowest BCUT2D eigenvalue weighted by Gasteiger charge is -2.10. The van der Waals surface area contributed by atoms with E-state index in [0.29, 0.717) is 35.3 Å². The number of rotatable bonds is 8. The summed E-state index contributed by atoms with van der Waals surface area (Å²) in [6.45, 7) is 1.93. The highest BCUT2D eigenvalue weighted by Crippen LogP contribution is 2.29. The van der Waals surface area contributed by atoms with E-state index in [1.54, 1.807) is 32.6 Å². The number of nitrogens with one attached hydrogen (secondary N) is 1. The summed E-state index contributed by atoms with van der Waals surface area (Å²) in [6.07, 6.45) is 0.515. The van der Waals surface area contributed by atoms with Crippen LogP contribution in [-0.4, -0.2) is 39.4 Å². The van der Waals surface area contributed by atoms with Gasteiger partial charge in [-0.1, -0.05) is 6.07 Å². The average Bonchev–Trinajstić information content (AvgIpc) is 3.30. The van der Waals surface area contributed by atoms with Gasteiger partial charge in [-0.05, 0) is 30.2 Å². The van der Waals surface area contributed by atoms with Crippen LogP contribution in [0.4, 0.5) is 0 Å². The molecule has 2 heterocycles. The first-order valence-electron chi connectivity index (χ1n) is 8.02. The lowest BCUT2D eigenvalue weighted by molar-refractivity contribution is 0.354. The van der Waals surface area contributed by atoms with E-state index >= 15 is 0 Å².